The first-order valence-corrected chi connectivity index (χ1v) is 50.1. The number of Topliss-reactive ketones (excluding diaryl/α,β-unsaturated/α-hetero) is 2. The van der Waals surface area contributed by atoms with Gasteiger partial charge < -0.3 is 61.7 Å². The zero-order valence-electron chi connectivity index (χ0n) is 80.3. The van der Waals surface area contributed by atoms with Gasteiger partial charge in [0.2, 0.25) is 0 Å². The Kier molecular flexibility index (Phi) is 36.4. The Bertz CT molecular complexity index is 5190. The highest BCUT2D eigenvalue weighted by Crippen LogP contribution is 2.40. The second-order valence-corrected chi connectivity index (χ2v) is 39.7. The van der Waals surface area contributed by atoms with Crippen molar-refractivity contribution < 1.29 is 39.0 Å². The topological polar surface area (TPSA) is 338 Å². The first-order valence-electron chi connectivity index (χ1n) is 50.1. The molecule has 4 aromatic heterocycles. The van der Waals surface area contributed by atoms with Crippen LogP contribution in [0.2, 0.25) is 0 Å². The van der Waals surface area contributed by atoms with E-state index in [2.05, 4.69) is 109 Å². The average Bonchev–Trinajstić information content (AvgIpc) is 1.78. The predicted octanol–water partition coefficient (Wildman–Crippen LogP) is 19.0. The van der Waals surface area contributed by atoms with Gasteiger partial charge in [-0.05, 0) is 225 Å². The number of aliphatic hydroxyl groups excluding tert-OH is 2. The number of rotatable bonds is 41. The number of carbonyl (C=O) groups is 6. The first kappa shape index (κ1) is 99.5. The summed E-state index contributed by atoms with van der Waals surface area (Å²) < 4.78 is 0. The first-order chi connectivity index (χ1) is 65.5. The van der Waals surface area contributed by atoms with Gasteiger partial charge in [-0.2, -0.15) is 0 Å². The van der Waals surface area contributed by atoms with Gasteiger partial charge in [-0.25, -0.2) is 39.9 Å². The smallest absolute Gasteiger partial charge is 0.274 e. The van der Waals surface area contributed by atoms with E-state index >= 15 is 0 Å². The zero-order chi connectivity index (χ0) is 94.6. The maximum Gasteiger partial charge on any atom is 0.274 e. The van der Waals surface area contributed by atoms with Crippen LogP contribution in [0.5, 0.6) is 0 Å². The lowest BCUT2D eigenvalue weighted by molar-refractivity contribution is -0.124. The van der Waals surface area contributed by atoms with Gasteiger partial charge in [-0.3, -0.25) is 38.6 Å². The number of likely N-dealkylation sites (tertiary alicyclic amines) is 1. The number of aliphatic hydroxyl groups is 2. The van der Waals surface area contributed by atoms with Gasteiger partial charge in [0.05, 0.1) is 23.6 Å². The molecular weight excluding hydrogens is 1690 g/mol. The second kappa shape index (κ2) is 49.3. The molecule has 9 aliphatic rings. The lowest BCUT2D eigenvalue weighted by atomic mass is 9.94. The molecule has 8 saturated carbocycles. The normalized spacial score (nSPS) is 17.3. The Morgan fingerprint density at radius 2 is 0.719 bits per heavy atom. The molecule has 0 spiro atoms. The predicted molar refractivity (Wildman–Crippen MR) is 535 cm³/mol. The van der Waals surface area contributed by atoms with Crippen LogP contribution in [0, 0.1) is 29.6 Å². The fourth-order valence-corrected chi connectivity index (χ4v) is 18.9. The number of ketones is 2. The molecule has 8 aromatic rings. The minimum Gasteiger partial charge on any atom is -0.513 e. The molecule has 17 rings (SSSR count). The Morgan fingerprint density at radius 1 is 0.415 bits per heavy atom. The molecule has 0 unspecified atom stereocenters. The minimum absolute atomic E-state index is 0.143. The van der Waals surface area contributed by atoms with Gasteiger partial charge >= 0.3 is 0 Å². The third-order valence-corrected chi connectivity index (χ3v) is 27.7. The summed E-state index contributed by atoms with van der Waals surface area (Å²) in [7, 11) is 1.92. The van der Waals surface area contributed by atoms with Gasteiger partial charge in [0.25, 0.3) is 23.6 Å². The number of anilines is 8. The van der Waals surface area contributed by atoms with Crippen molar-refractivity contribution >= 4 is 81.2 Å². The number of carbonyl (C=O) groups excluding carboxylic acids is 6. The molecule has 4 aromatic carbocycles. The quantitative estimate of drug-likeness (QED) is 0.0130. The van der Waals surface area contributed by atoms with Crippen LogP contribution in [-0.2, 0) is 35.8 Å². The molecule has 1 aliphatic heterocycles. The van der Waals surface area contributed by atoms with Crippen LogP contribution in [0.25, 0.3) is 0 Å². The Hall–Kier alpha value is -11.5. The summed E-state index contributed by atoms with van der Waals surface area (Å²) in [6.07, 6.45) is 42.5. The number of nitrogens with one attached hydrogen (secondary N) is 6. The van der Waals surface area contributed by atoms with Crippen molar-refractivity contribution in [2.75, 3.05) is 100 Å². The van der Waals surface area contributed by atoms with Crippen LogP contribution < -0.4 is 51.5 Å². The van der Waals surface area contributed by atoms with E-state index in [9.17, 15) is 33.9 Å². The molecule has 9 fully saturated rings. The SMILES string of the molecule is C=C(O)C1CN(Cc2ccc(NC(=O)c3cc(N(CC4CC4)C4CCCCC4)ncn3)cc2)C1.C=C(O)CCNCc1ccc(NC(=O)c2cc(N(CC3CC3)C3CCCCC3)ncn2)cc1.CC(=O)CN(C)Cc1ccc(NC(=O)c2cc(N(CC3CC3)C3CCCCC3)ncn2)cc1.CCC(=O)C(C)(C)NCc1ccc(NC(=O)c2cc(N(CC3CC3)C3CCCCC3)ncn2)cc1. The van der Waals surface area contributed by atoms with Crippen molar-refractivity contribution in [2.24, 2.45) is 29.6 Å². The fraction of sp³-hybridized carbons (Fsp3) is 0.533. The van der Waals surface area contributed by atoms with Crippen LogP contribution in [0.4, 0.5) is 46.0 Å². The number of amides is 4. The van der Waals surface area contributed by atoms with E-state index in [0.717, 1.165) is 127 Å². The molecular formula is C107H144N20O8. The van der Waals surface area contributed by atoms with Gasteiger partial charge in [-0.15, -0.1) is 0 Å². The van der Waals surface area contributed by atoms with E-state index in [-0.39, 0.29) is 52.6 Å². The molecule has 5 heterocycles. The number of hydrogen-bond acceptors (Lipinski definition) is 24. The van der Waals surface area contributed by atoms with Crippen molar-refractivity contribution in [3.63, 3.8) is 0 Å². The maximum absolute atomic E-state index is 13.0. The highest BCUT2D eigenvalue weighted by molar-refractivity contribution is 6.05. The van der Waals surface area contributed by atoms with E-state index in [1.54, 1.807) is 6.92 Å². The highest BCUT2D eigenvalue weighted by Gasteiger charge is 2.37. The average molecular weight is 1840 g/mol. The molecule has 28 nitrogen and oxygen atoms in total. The summed E-state index contributed by atoms with van der Waals surface area (Å²) in [5.41, 5.74) is 8.35. The summed E-state index contributed by atoms with van der Waals surface area (Å²) in [6.45, 7) is 24.0. The van der Waals surface area contributed by atoms with E-state index in [0.29, 0.717) is 98.2 Å². The van der Waals surface area contributed by atoms with E-state index in [1.807, 2.05) is 154 Å². The third kappa shape index (κ3) is 31.6. The van der Waals surface area contributed by atoms with Crippen LogP contribution in [0.3, 0.4) is 0 Å². The summed E-state index contributed by atoms with van der Waals surface area (Å²) in [4.78, 5) is 124. The largest absolute Gasteiger partial charge is 0.513 e. The van der Waals surface area contributed by atoms with E-state index < -0.39 is 5.54 Å². The third-order valence-electron chi connectivity index (χ3n) is 27.7. The fourth-order valence-electron chi connectivity index (χ4n) is 18.9. The van der Waals surface area contributed by atoms with Gasteiger partial charge in [0.1, 0.15) is 77.1 Å². The van der Waals surface area contributed by atoms with Crippen molar-refractivity contribution in [3.8, 4) is 0 Å². The summed E-state index contributed by atoms with van der Waals surface area (Å²) in [5, 5.41) is 37.0. The molecule has 720 valence electrons. The van der Waals surface area contributed by atoms with E-state index in [4.69, 9.17) is 5.11 Å². The molecule has 4 amide bonds. The molecule has 0 atom stereocenters. The Balaban J connectivity index is 0.000000144. The summed E-state index contributed by atoms with van der Waals surface area (Å²) in [5.74, 6) is 6.62. The second-order valence-electron chi connectivity index (χ2n) is 39.7. The number of likely N-dealkylation sites (N-methyl/N-ethyl adjacent to an activating group) is 1. The molecule has 28 heteroatoms. The molecule has 1 saturated heterocycles. The number of hydrogen-bond donors (Lipinski definition) is 8. The summed E-state index contributed by atoms with van der Waals surface area (Å²) >= 11 is 0. The van der Waals surface area contributed by atoms with Gasteiger partial charge in [-0.1, -0.05) is 146 Å². The van der Waals surface area contributed by atoms with Gasteiger partial charge in [0.15, 0.2) is 5.78 Å². The lowest BCUT2D eigenvalue weighted by Gasteiger charge is -2.38. The maximum atomic E-state index is 13.0. The standard InChI is InChI=1S/C28H39N5O2.C27H35N5O2.2C26H35N5O2/c1-4-25(34)28(2,3)31-17-20-12-14-22(15-13-20)32-27(35)24-16-26(30-19-29-24)33(18-21-10-11-21)23-8-6-5-7-9-23;1-19(33)22-16-31(17-22)14-20-9-11-23(12-10-20)30-27(34)25-13-26(29-18-28-25)32(15-21-7-8-21)24-5-3-2-4-6-24;1-19(32)15-30(2)16-20-10-12-22(13-11-20)29-26(33)24-14-25(28-18-27-24)31(17-21-8-9-21)23-6-4-3-5-7-23;1-19(32)13-14-27-16-20-9-11-22(12-10-20)30-26(33)24-15-25(29-18-28-24)31(17-21-7-8-21)23-5-3-2-4-6-23/h12-16,19,21,23,31H,4-11,17-18H2,1-3H3,(H,32,35);9-13,18,21-22,24,33H,1-8,14-17H2,(H,30,34);10-14,18,21,23H,3-9,15-17H2,1-2H3,(H,29,33);9-12,15,18,21,23,27,32H,1-8,13-14,16-17H2,(H,30,33). The zero-order valence-corrected chi connectivity index (χ0v) is 80.3. The van der Waals surface area contributed by atoms with Crippen LogP contribution >= 0.6 is 0 Å². The van der Waals surface area contributed by atoms with Crippen LogP contribution in [0.1, 0.15) is 285 Å². The number of benzene rings is 4. The van der Waals surface area contributed by atoms with Crippen molar-refractivity contribution in [2.45, 2.75) is 276 Å². The van der Waals surface area contributed by atoms with E-state index in [1.165, 1.54) is 211 Å². The number of aromatic nitrogens is 8. The molecule has 0 radical (unpaired) electrons. The Labute approximate surface area is 798 Å². The molecule has 135 heavy (non-hydrogen) atoms. The molecule has 8 aliphatic carbocycles. The lowest BCUT2D eigenvalue weighted by Crippen LogP contribution is -2.46. The van der Waals surface area contributed by atoms with Crippen molar-refractivity contribution in [1.82, 2.24) is 60.3 Å². The monoisotopic (exact) mass is 1840 g/mol. The van der Waals surface area contributed by atoms with Crippen LogP contribution in [-0.4, -0.2) is 184 Å². The van der Waals surface area contributed by atoms with Crippen LogP contribution in [0.15, 0.2) is 171 Å². The Morgan fingerprint density at radius 3 is 1.01 bits per heavy atom. The van der Waals surface area contributed by atoms with Crippen molar-refractivity contribution in [1.29, 1.82) is 0 Å². The molecule has 8 N–H and O–H groups in total. The van der Waals surface area contributed by atoms with Gasteiger partial charge in [0, 0.05) is 162 Å². The summed E-state index contributed by atoms with van der Waals surface area (Å²) in [6, 6.07) is 40.5. The number of nitrogens with zero attached hydrogens (tertiary/aromatic N) is 14. The molecule has 0 bridgehead atoms. The van der Waals surface area contributed by atoms with Crippen molar-refractivity contribution in [3.05, 3.63) is 216 Å². The highest BCUT2D eigenvalue weighted by atomic mass is 16.3. The minimum atomic E-state index is -0.558.